The molecule has 3 saturated carbocycles. The Labute approximate surface area is 168 Å². The molecule has 0 atom stereocenters. The minimum atomic E-state index is 1.02. The highest BCUT2D eigenvalue weighted by Crippen LogP contribution is 2.45. The van der Waals surface area contributed by atoms with Gasteiger partial charge >= 0.3 is 0 Å². The summed E-state index contributed by atoms with van der Waals surface area (Å²) in [7, 11) is 0. The van der Waals surface area contributed by atoms with Crippen LogP contribution in [0.1, 0.15) is 132 Å². The van der Waals surface area contributed by atoms with Gasteiger partial charge in [0.2, 0.25) is 0 Å². The summed E-state index contributed by atoms with van der Waals surface area (Å²) in [6.45, 7) is 16.9. The van der Waals surface area contributed by atoms with Crippen LogP contribution in [-0.2, 0) is 0 Å². The van der Waals surface area contributed by atoms with Crippen molar-refractivity contribution < 1.29 is 0 Å². The van der Waals surface area contributed by atoms with Crippen molar-refractivity contribution in [1.29, 1.82) is 0 Å². The molecule has 3 aliphatic carbocycles. The summed E-state index contributed by atoms with van der Waals surface area (Å²) < 4.78 is 0. The zero-order valence-corrected chi connectivity index (χ0v) is 19.9. The lowest BCUT2D eigenvalue weighted by molar-refractivity contribution is 0.108. The van der Waals surface area contributed by atoms with E-state index in [1.807, 2.05) is 41.5 Å². The van der Waals surface area contributed by atoms with Crippen LogP contribution in [0.15, 0.2) is 0 Å². The van der Waals surface area contributed by atoms with Crippen LogP contribution in [-0.4, -0.2) is 0 Å². The summed E-state index contributed by atoms with van der Waals surface area (Å²) in [5, 5.41) is 0. The highest BCUT2D eigenvalue weighted by molar-refractivity contribution is 4.85. The van der Waals surface area contributed by atoms with Gasteiger partial charge in [-0.25, -0.2) is 0 Å². The molecule has 0 nitrogen and oxygen atoms in total. The van der Waals surface area contributed by atoms with Crippen LogP contribution in [0.5, 0.6) is 0 Å². The van der Waals surface area contributed by atoms with Gasteiger partial charge in [-0.05, 0) is 86.9 Å². The molecule has 158 valence electrons. The molecule has 0 heterocycles. The molecule has 0 N–H and O–H groups in total. The van der Waals surface area contributed by atoms with Gasteiger partial charge in [-0.1, -0.05) is 81.1 Å². The molecule has 0 saturated heterocycles. The first kappa shape index (κ1) is 26.0. The third-order valence-corrected chi connectivity index (χ3v) is 7.27. The van der Waals surface area contributed by atoms with Crippen LogP contribution in [0.3, 0.4) is 0 Å². The van der Waals surface area contributed by atoms with Gasteiger partial charge in [-0.2, -0.15) is 0 Å². The lowest BCUT2D eigenvalue weighted by Crippen LogP contribution is -2.29. The Morgan fingerprint density at radius 3 is 0.654 bits per heavy atom. The fourth-order valence-electron chi connectivity index (χ4n) is 5.60. The van der Waals surface area contributed by atoms with Gasteiger partial charge in [-0.15, -0.1) is 0 Å². The molecule has 0 unspecified atom stereocenters. The van der Waals surface area contributed by atoms with Gasteiger partial charge in [0.05, 0.1) is 0 Å². The Balaban J connectivity index is 0.000000948. The van der Waals surface area contributed by atoms with Crippen LogP contribution in [0.25, 0.3) is 0 Å². The molecular formula is C26H54. The largest absolute Gasteiger partial charge is 0.0683 e. The monoisotopic (exact) mass is 366 g/mol. The first-order chi connectivity index (χ1) is 12.7. The first-order valence-electron chi connectivity index (χ1n) is 12.7. The highest BCUT2D eigenvalue weighted by Gasteiger charge is 2.33. The summed E-state index contributed by atoms with van der Waals surface area (Å²) >= 11 is 0. The zero-order valence-electron chi connectivity index (χ0n) is 19.9. The van der Waals surface area contributed by atoms with E-state index >= 15 is 0 Å². The maximum atomic E-state index is 2.46. The summed E-state index contributed by atoms with van der Waals surface area (Å²) in [4.78, 5) is 0. The van der Waals surface area contributed by atoms with Gasteiger partial charge in [-0.3, -0.25) is 0 Å². The molecule has 3 fully saturated rings. The number of hydrogen-bond donors (Lipinski definition) is 0. The fraction of sp³-hybridized carbons (Fsp3) is 1.00. The molecule has 0 aliphatic heterocycles. The summed E-state index contributed by atoms with van der Waals surface area (Å²) in [5.41, 5.74) is 0. The Bertz CT molecular complexity index is 240. The van der Waals surface area contributed by atoms with Crippen molar-refractivity contribution in [2.45, 2.75) is 132 Å². The summed E-state index contributed by atoms with van der Waals surface area (Å²) in [6, 6.07) is 0. The predicted octanol–water partition coefficient (Wildman–Crippen LogP) is 9.52. The molecule has 0 amide bonds. The Morgan fingerprint density at radius 2 is 0.462 bits per heavy atom. The average molecular weight is 367 g/mol. The fourth-order valence-corrected chi connectivity index (χ4v) is 5.60. The first-order valence-corrected chi connectivity index (χ1v) is 12.7. The highest BCUT2D eigenvalue weighted by atomic mass is 14.4. The Hall–Kier alpha value is 0. The molecule has 0 heteroatoms. The third kappa shape index (κ3) is 8.79. The number of hydrogen-bond acceptors (Lipinski definition) is 0. The van der Waals surface area contributed by atoms with Gasteiger partial charge in [0.25, 0.3) is 0 Å². The van der Waals surface area contributed by atoms with Crippen LogP contribution in [0.4, 0.5) is 0 Å². The molecule has 0 aromatic heterocycles. The van der Waals surface area contributed by atoms with Crippen molar-refractivity contribution in [1.82, 2.24) is 0 Å². The second-order valence-electron chi connectivity index (χ2n) is 8.71. The Kier molecular flexibility index (Phi) is 16.0. The molecule has 26 heavy (non-hydrogen) atoms. The average Bonchev–Trinajstić information content (AvgIpc) is 2.74. The van der Waals surface area contributed by atoms with Gasteiger partial charge in [0.15, 0.2) is 0 Å². The summed E-state index contributed by atoms with van der Waals surface area (Å²) in [6.07, 6.45) is 18.6. The maximum Gasteiger partial charge on any atom is -0.0386 e. The van der Waals surface area contributed by atoms with Crippen LogP contribution in [0.2, 0.25) is 0 Å². The lowest BCUT2D eigenvalue weighted by Gasteiger charge is -2.41. The van der Waals surface area contributed by atoms with E-state index < -0.39 is 0 Å². The third-order valence-electron chi connectivity index (χ3n) is 7.27. The van der Waals surface area contributed by atoms with Crippen LogP contribution in [0, 0.1) is 35.5 Å². The molecule has 0 bridgehead atoms. The second kappa shape index (κ2) is 16.0. The smallest absolute Gasteiger partial charge is 0.0386 e. The van der Waals surface area contributed by atoms with Crippen LogP contribution < -0.4 is 0 Å². The van der Waals surface area contributed by atoms with E-state index in [4.69, 9.17) is 0 Å². The minimum Gasteiger partial charge on any atom is -0.0683 e. The van der Waals surface area contributed by atoms with E-state index in [9.17, 15) is 0 Å². The molecule has 3 aliphatic rings. The SMILES string of the molecule is CC.CC.CC.CC1CCC(C2CCC(C3CCC(C)CC3)CC2)CC1. The van der Waals surface area contributed by atoms with Crippen LogP contribution >= 0.6 is 0 Å². The quantitative estimate of drug-likeness (QED) is 0.456. The van der Waals surface area contributed by atoms with Crippen molar-refractivity contribution in [2.75, 3.05) is 0 Å². The number of rotatable bonds is 2. The standard InChI is InChI=1S/C20H36.3C2H6/c1-15-3-7-17(8-4-15)19-11-13-20(14-12-19)18-9-5-16(2)6-10-18;3*1-2/h15-20H,3-14H2,1-2H3;3*1-2H3. The molecule has 3 rings (SSSR count). The van der Waals surface area contributed by atoms with Gasteiger partial charge < -0.3 is 0 Å². The van der Waals surface area contributed by atoms with E-state index in [1.54, 1.807) is 51.4 Å². The maximum absolute atomic E-state index is 2.46. The van der Waals surface area contributed by atoms with Gasteiger partial charge in [0.1, 0.15) is 0 Å². The molecule has 0 aromatic carbocycles. The predicted molar refractivity (Wildman–Crippen MR) is 122 cm³/mol. The zero-order chi connectivity index (χ0) is 19.9. The van der Waals surface area contributed by atoms with E-state index in [0.717, 1.165) is 35.5 Å². The summed E-state index contributed by atoms with van der Waals surface area (Å²) in [5.74, 6) is 6.48. The molecule has 0 radical (unpaired) electrons. The van der Waals surface area contributed by atoms with Crippen molar-refractivity contribution >= 4 is 0 Å². The van der Waals surface area contributed by atoms with E-state index in [1.165, 1.54) is 25.7 Å². The van der Waals surface area contributed by atoms with Crippen molar-refractivity contribution in [3.63, 3.8) is 0 Å². The normalized spacial score (nSPS) is 36.9. The van der Waals surface area contributed by atoms with E-state index in [0.29, 0.717) is 0 Å². The second-order valence-corrected chi connectivity index (χ2v) is 8.71. The minimum absolute atomic E-state index is 1.02. The molecule has 0 spiro atoms. The molecular weight excluding hydrogens is 312 g/mol. The van der Waals surface area contributed by atoms with Crippen molar-refractivity contribution in [2.24, 2.45) is 35.5 Å². The Morgan fingerprint density at radius 1 is 0.308 bits per heavy atom. The lowest BCUT2D eigenvalue weighted by atomic mass is 9.65. The van der Waals surface area contributed by atoms with Crippen molar-refractivity contribution in [3.05, 3.63) is 0 Å². The molecule has 0 aromatic rings. The van der Waals surface area contributed by atoms with Crippen molar-refractivity contribution in [3.8, 4) is 0 Å². The van der Waals surface area contributed by atoms with E-state index in [2.05, 4.69) is 13.8 Å². The topological polar surface area (TPSA) is 0 Å². The van der Waals surface area contributed by atoms with E-state index in [-0.39, 0.29) is 0 Å². The van der Waals surface area contributed by atoms with Gasteiger partial charge in [0, 0.05) is 0 Å².